The second-order valence-corrected chi connectivity index (χ2v) is 7.10. The van der Waals surface area contributed by atoms with E-state index < -0.39 is 16.6 Å². The van der Waals surface area contributed by atoms with Gasteiger partial charge in [-0.05, 0) is 23.8 Å². The van der Waals surface area contributed by atoms with Gasteiger partial charge < -0.3 is 15.1 Å². The highest BCUT2D eigenvalue weighted by molar-refractivity contribution is 6.42. The topological polar surface area (TPSA) is 125 Å². The van der Waals surface area contributed by atoms with E-state index >= 15 is 0 Å². The number of aliphatic hydroxyl groups is 1. The van der Waals surface area contributed by atoms with Crippen LogP contribution in [0.25, 0.3) is 11.0 Å². The predicted molar refractivity (Wildman–Crippen MR) is 111 cm³/mol. The van der Waals surface area contributed by atoms with E-state index in [-0.39, 0.29) is 27.6 Å². The fourth-order valence-electron chi connectivity index (χ4n) is 2.65. The quantitative estimate of drug-likeness (QED) is 0.360. The number of aliphatic hydroxyl groups excluding tert-OH is 1. The van der Waals surface area contributed by atoms with Crippen LogP contribution < -0.4 is 5.56 Å². The number of hydrogen-bond acceptors (Lipinski definition) is 7. The molecule has 3 rings (SSSR count). The molecule has 1 atom stereocenters. The molecule has 9 nitrogen and oxygen atoms in total. The zero-order chi connectivity index (χ0) is 21.3. The molecule has 0 saturated carbocycles. The van der Waals surface area contributed by atoms with Gasteiger partial charge in [-0.15, -0.1) is 0 Å². The van der Waals surface area contributed by atoms with Gasteiger partial charge in [0.15, 0.2) is 5.69 Å². The minimum atomic E-state index is -1.32. The molecule has 0 aliphatic heterocycles. The van der Waals surface area contributed by atoms with Crippen LogP contribution in [0.1, 0.15) is 17.4 Å². The number of nitrogens with one attached hydrogen (secondary N) is 1. The van der Waals surface area contributed by atoms with Gasteiger partial charge in [0.1, 0.15) is 11.8 Å². The number of rotatable bonds is 5. The highest BCUT2D eigenvalue weighted by atomic mass is 35.5. The third-order valence-electron chi connectivity index (χ3n) is 3.96. The van der Waals surface area contributed by atoms with Crippen molar-refractivity contribution in [1.29, 1.82) is 0 Å². The van der Waals surface area contributed by atoms with Crippen LogP contribution in [-0.2, 0) is 0 Å². The van der Waals surface area contributed by atoms with E-state index in [9.17, 15) is 20.0 Å². The van der Waals surface area contributed by atoms with Gasteiger partial charge in [0, 0.05) is 26.2 Å². The lowest BCUT2D eigenvalue weighted by Gasteiger charge is -2.17. The second-order valence-electron chi connectivity index (χ2n) is 6.28. The molecule has 0 unspecified atom stereocenters. The van der Waals surface area contributed by atoms with Gasteiger partial charge >= 0.3 is 0 Å². The summed E-state index contributed by atoms with van der Waals surface area (Å²) in [6.07, 6.45) is -1.32. The third-order valence-corrected chi connectivity index (χ3v) is 4.69. The lowest BCUT2D eigenvalue weighted by Crippen LogP contribution is -2.27. The molecule has 11 heteroatoms. The van der Waals surface area contributed by atoms with E-state index in [2.05, 4.69) is 15.1 Å². The van der Waals surface area contributed by atoms with Crippen LogP contribution in [0.3, 0.4) is 0 Å². The van der Waals surface area contributed by atoms with E-state index in [0.29, 0.717) is 16.1 Å². The van der Waals surface area contributed by atoms with E-state index in [4.69, 9.17) is 23.2 Å². The summed E-state index contributed by atoms with van der Waals surface area (Å²) in [5.41, 5.74) is -0.115. The van der Waals surface area contributed by atoms with Gasteiger partial charge in [-0.1, -0.05) is 29.3 Å². The van der Waals surface area contributed by atoms with Gasteiger partial charge in [0.2, 0.25) is 0 Å². The number of benzene rings is 2. The first-order valence-corrected chi connectivity index (χ1v) is 9.00. The minimum Gasteiger partial charge on any atom is -0.382 e. The van der Waals surface area contributed by atoms with Gasteiger partial charge in [0.05, 0.1) is 26.0 Å². The Bertz CT molecular complexity index is 1190. The molecule has 0 radical (unpaired) electrons. The molecule has 3 aromatic rings. The largest absolute Gasteiger partial charge is 0.382 e. The standard InChI is InChI=1S/C18H15Cl2N5O4/c1-24(2)23-15(17(26)9-3-5-11(19)12(20)7-9)16-18(27)22-14-8-10(25(28)29)4-6-13(14)21-16/h3-8,17,26H,1-2H3,(H,22,27)/b23-15+/t17-/m0/s1. The Balaban J connectivity index is 2.16. The van der Waals surface area contributed by atoms with Crippen molar-refractivity contribution in [3.63, 3.8) is 0 Å². The molecule has 0 amide bonds. The highest BCUT2D eigenvalue weighted by Crippen LogP contribution is 2.27. The number of hydrazone groups is 1. The Kier molecular flexibility index (Phi) is 5.83. The maximum absolute atomic E-state index is 12.6. The lowest BCUT2D eigenvalue weighted by atomic mass is 10.0. The van der Waals surface area contributed by atoms with Crippen LogP contribution in [0.15, 0.2) is 46.3 Å². The molecular formula is C18H15Cl2N5O4. The molecule has 2 N–H and O–H groups in total. The molecule has 0 saturated heterocycles. The third kappa shape index (κ3) is 4.37. The summed E-state index contributed by atoms with van der Waals surface area (Å²) in [5, 5.41) is 28.0. The van der Waals surface area contributed by atoms with Crippen molar-refractivity contribution in [3.8, 4) is 0 Å². The van der Waals surface area contributed by atoms with Crippen LogP contribution in [0.5, 0.6) is 0 Å². The fourth-order valence-corrected chi connectivity index (χ4v) is 2.96. The second kappa shape index (κ2) is 8.16. The van der Waals surface area contributed by atoms with Gasteiger partial charge in [0.25, 0.3) is 11.2 Å². The molecule has 0 fully saturated rings. The molecule has 29 heavy (non-hydrogen) atoms. The molecule has 2 aromatic carbocycles. The number of aromatic nitrogens is 2. The average Bonchev–Trinajstić information content (AvgIpc) is 2.66. The summed E-state index contributed by atoms with van der Waals surface area (Å²) in [7, 11) is 3.25. The predicted octanol–water partition coefficient (Wildman–Crippen LogP) is 3.14. The maximum Gasteiger partial charge on any atom is 0.276 e. The van der Waals surface area contributed by atoms with Crippen LogP contribution in [0.4, 0.5) is 5.69 Å². The summed E-state index contributed by atoms with van der Waals surface area (Å²) in [6, 6.07) is 8.45. The van der Waals surface area contributed by atoms with Crippen molar-refractivity contribution in [2.45, 2.75) is 6.10 Å². The normalized spacial score (nSPS) is 12.8. The summed E-state index contributed by atoms with van der Waals surface area (Å²) in [4.78, 5) is 29.8. The van der Waals surface area contributed by atoms with Crippen LogP contribution in [0.2, 0.25) is 10.0 Å². The van der Waals surface area contributed by atoms with Crippen molar-refractivity contribution in [1.82, 2.24) is 15.0 Å². The van der Waals surface area contributed by atoms with Crippen LogP contribution in [0, 0.1) is 10.1 Å². The number of nitrogens with zero attached hydrogens (tertiary/aromatic N) is 4. The molecule has 0 bridgehead atoms. The van der Waals surface area contributed by atoms with Crippen molar-refractivity contribution >= 4 is 45.6 Å². The molecule has 1 heterocycles. The van der Waals surface area contributed by atoms with Gasteiger partial charge in [-0.3, -0.25) is 14.9 Å². The Morgan fingerprint density at radius 2 is 1.97 bits per heavy atom. The van der Waals surface area contributed by atoms with Crippen molar-refractivity contribution in [2.24, 2.45) is 5.10 Å². The first kappa shape index (κ1) is 20.7. The molecule has 0 aliphatic rings. The Hall–Kier alpha value is -3.01. The number of halogens is 2. The summed E-state index contributed by atoms with van der Waals surface area (Å²) >= 11 is 12.0. The number of nitro benzene ring substituents is 1. The van der Waals surface area contributed by atoms with E-state index in [1.807, 2.05) is 0 Å². The maximum atomic E-state index is 12.6. The zero-order valence-corrected chi connectivity index (χ0v) is 16.8. The summed E-state index contributed by atoms with van der Waals surface area (Å²) in [5.74, 6) is 0. The van der Waals surface area contributed by atoms with Crippen molar-refractivity contribution < 1.29 is 10.0 Å². The van der Waals surface area contributed by atoms with Gasteiger partial charge in [-0.2, -0.15) is 5.10 Å². The Morgan fingerprint density at radius 1 is 1.24 bits per heavy atom. The molecule has 0 aliphatic carbocycles. The van der Waals surface area contributed by atoms with Crippen LogP contribution >= 0.6 is 23.2 Å². The fraction of sp³-hybridized carbons (Fsp3) is 0.167. The number of nitro groups is 1. The van der Waals surface area contributed by atoms with Gasteiger partial charge in [-0.25, -0.2) is 4.98 Å². The molecular weight excluding hydrogens is 421 g/mol. The summed E-state index contributed by atoms with van der Waals surface area (Å²) in [6.45, 7) is 0. The lowest BCUT2D eigenvalue weighted by molar-refractivity contribution is -0.384. The molecule has 150 valence electrons. The minimum absolute atomic E-state index is 0.0186. The molecule has 0 spiro atoms. The van der Waals surface area contributed by atoms with E-state index in [1.54, 1.807) is 20.2 Å². The highest BCUT2D eigenvalue weighted by Gasteiger charge is 2.24. The van der Waals surface area contributed by atoms with E-state index in [0.717, 1.165) is 0 Å². The molecule has 1 aromatic heterocycles. The number of hydrogen-bond donors (Lipinski definition) is 2. The van der Waals surface area contributed by atoms with Crippen molar-refractivity contribution in [2.75, 3.05) is 14.1 Å². The zero-order valence-electron chi connectivity index (χ0n) is 15.3. The number of aromatic amines is 1. The first-order valence-electron chi connectivity index (χ1n) is 8.25. The van der Waals surface area contributed by atoms with Crippen molar-refractivity contribution in [3.05, 3.63) is 78.2 Å². The Morgan fingerprint density at radius 3 is 2.59 bits per heavy atom. The number of H-pyrrole nitrogens is 1. The average molecular weight is 436 g/mol. The SMILES string of the molecule is CN(C)/N=C(\c1nc2ccc([N+](=O)[O-])cc2[nH]c1=O)[C@@H](O)c1ccc(Cl)c(Cl)c1. The van der Waals surface area contributed by atoms with Crippen LogP contribution in [-0.4, -0.2) is 44.8 Å². The first-order chi connectivity index (χ1) is 13.7. The number of fused-ring (bicyclic) bond motifs is 1. The summed E-state index contributed by atoms with van der Waals surface area (Å²) < 4.78 is 0. The smallest absolute Gasteiger partial charge is 0.276 e. The number of non-ortho nitro benzene ring substituents is 1. The van der Waals surface area contributed by atoms with E-state index in [1.165, 1.54) is 35.3 Å². The Labute approximate surface area is 174 Å². The monoisotopic (exact) mass is 435 g/mol.